The van der Waals surface area contributed by atoms with Gasteiger partial charge in [0.15, 0.2) is 0 Å². The maximum Gasteiger partial charge on any atom is -0.00206 e. The van der Waals surface area contributed by atoms with Gasteiger partial charge in [0.1, 0.15) is 0 Å². The highest BCUT2D eigenvalue weighted by molar-refractivity contribution is 4.66. The molecule has 1 aliphatic rings. The number of rotatable bonds is 4. The van der Waals surface area contributed by atoms with Gasteiger partial charge in [0, 0.05) is 0 Å². The maximum absolute atomic E-state index is 3.39. The van der Waals surface area contributed by atoms with E-state index in [4.69, 9.17) is 0 Å². The summed E-state index contributed by atoms with van der Waals surface area (Å²) in [5.74, 6) is 0.976. The molecule has 0 aliphatic carbocycles. The molecule has 86 valence electrons. The van der Waals surface area contributed by atoms with Crippen LogP contribution in [0, 0.1) is 5.92 Å². The summed E-state index contributed by atoms with van der Waals surface area (Å²) in [7, 11) is 0. The zero-order valence-corrected chi connectivity index (χ0v) is 10.4. The van der Waals surface area contributed by atoms with Crippen molar-refractivity contribution in [2.24, 2.45) is 5.92 Å². The lowest BCUT2D eigenvalue weighted by atomic mass is 9.97. The SMILES string of the molecule is CCC1CCCNC1.CCCCCC. The quantitative estimate of drug-likeness (QED) is 0.675. The van der Waals surface area contributed by atoms with Crippen LogP contribution >= 0.6 is 0 Å². The second-order valence-electron chi connectivity index (χ2n) is 4.33. The number of unbranched alkanes of at least 4 members (excludes halogenated alkanes) is 3. The van der Waals surface area contributed by atoms with Crippen molar-refractivity contribution in [3.63, 3.8) is 0 Å². The van der Waals surface area contributed by atoms with E-state index in [-0.39, 0.29) is 0 Å². The Morgan fingerprint density at radius 3 is 2.00 bits per heavy atom. The van der Waals surface area contributed by atoms with E-state index in [1.165, 1.54) is 58.0 Å². The molecule has 1 heteroatoms. The zero-order valence-electron chi connectivity index (χ0n) is 10.4. The van der Waals surface area contributed by atoms with Crippen molar-refractivity contribution in [3.05, 3.63) is 0 Å². The predicted octanol–water partition coefficient (Wildman–Crippen LogP) is 3.98. The summed E-state index contributed by atoms with van der Waals surface area (Å²) in [6.45, 7) is 9.25. The fourth-order valence-electron chi connectivity index (χ4n) is 1.77. The van der Waals surface area contributed by atoms with Gasteiger partial charge in [-0.2, -0.15) is 0 Å². The molecule has 1 rings (SSSR count). The van der Waals surface area contributed by atoms with E-state index in [1.807, 2.05) is 0 Å². The Kier molecular flexibility index (Phi) is 11.0. The van der Waals surface area contributed by atoms with Gasteiger partial charge in [-0.25, -0.2) is 0 Å². The van der Waals surface area contributed by atoms with E-state index in [0.717, 1.165) is 5.92 Å². The summed E-state index contributed by atoms with van der Waals surface area (Å²) in [5, 5.41) is 3.39. The summed E-state index contributed by atoms with van der Waals surface area (Å²) in [5.41, 5.74) is 0. The van der Waals surface area contributed by atoms with Crippen LogP contribution in [-0.2, 0) is 0 Å². The smallest absolute Gasteiger partial charge is 0.00206 e. The summed E-state index contributed by atoms with van der Waals surface area (Å²) in [4.78, 5) is 0. The summed E-state index contributed by atoms with van der Waals surface area (Å²) >= 11 is 0. The molecule has 0 bridgehead atoms. The predicted molar refractivity (Wildman–Crippen MR) is 65.7 cm³/mol. The molecular weight excluding hydrogens is 170 g/mol. The molecule has 1 unspecified atom stereocenters. The van der Waals surface area contributed by atoms with Crippen molar-refractivity contribution in [3.8, 4) is 0 Å². The second kappa shape index (κ2) is 11.0. The first-order chi connectivity index (χ1) is 6.85. The molecule has 1 nitrogen and oxygen atoms in total. The molecule has 0 saturated carbocycles. The average Bonchev–Trinajstić information content (AvgIpc) is 2.28. The van der Waals surface area contributed by atoms with Crippen molar-refractivity contribution in [2.75, 3.05) is 13.1 Å². The molecule has 0 spiro atoms. The van der Waals surface area contributed by atoms with Crippen LogP contribution in [0.4, 0.5) is 0 Å². The van der Waals surface area contributed by atoms with Crippen molar-refractivity contribution in [1.82, 2.24) is 5.32 Å². The molecule has 0 radical (unpaired) electrons. The van der Waals surface area contributed by atoms with Gasteiger partial charge in [-0.15, -0.1) is 0 Å². The molecule has 1 saturated heterocycles. The summed E-state index contributed by atoms with van der Waals surface area (Å²) < 4.78 is 0. The summed E-state index contributed by atoms with van der Waals surface area (Å²) in [6, 6.07) is 0. The maximum atomic E-state index is 3.39. The topological polar surface area (TPSA) is 12.0 Å². The van der Waals surface area contributed by atoms with Crippen molar-refractivity contribution < 1.29 is 0 Å². The van der Waals surface area contributed by atoms with Gasteiger partial charge in [0.05, 0.1) is 0 Å². The Morgan fingerprint density at radius 1 is 1.07 bits per heavy atom. The molecule has 1 fully saturated rings. The minimum absolute atomic E-state index is 0.976. The molecule has 0 aromatic carbocycles. The first-order valence-corrected chi connectivity index (χ1v) is 6.55. The Balaban J connectivity index is 0.000000255. The van der Waals surface area contributed by atoms with Crippen LogP contribution in [0.2, 0.25) is 0 Å². The Hall–Kier alpha value is -0.0400. The van der Waals surface area contributed by atoms with E-state index < -0.39 is 0 Å². The van der Waals surface area contributed by atoms with E-state index in [2.05, 4.69) is 26.1 Å². The normalized spacial score (nSPS) is 21.2. The number of nitrogens with one attached hydrogen (secondary N) is 1. The third kappa shape index (κ3) is 8.55. The highest BCUT2D eigenvalue weighted by Crippen LogP contribution is 2.12. The second-order valence-corrected chi connectivity index (χ2v) is 4.33. The van der Waals surface area contributed by atoms with Gasteiger partial charge >= 0.3 is 0 Å². The first-order valence-electron chi connectivity index (χ1n) is 6.55. The molecule has 14 heavy (non-hydrogen) atoms. The molecule has 0 aromatic rings. The lowest BCUT2D eigenvalue weighted by Crippen LogP contribution is -2.29. The average molecular weight is 199 g/mol. The largest absolute Gasteiger partial charge is 0.316 e. The molecule has 1 aliphatic heterocycles. The van der Waals surface area contributed by atoms with Gasteiger partial charge in [-0.05, 0) is 31.8 Å². The van der Waals surface area contributed by atoms with Gasteiger partial charge in [0.25, 0.3) is 0 Å². The standard InChI is InChI=1S/C7H15N.C6H14/c1-2-7-4-3-5-8-6-7;1-3-5-6-4-2/h7-8H,2-6H2,1H3;3-6H2,1-2H3. The highest BCUT2D eigenvalue weighted by atomic mass is 14.9. The minimum atomic E-state index is 0.976. The fourth-order valence-corrected chi connectivity index (χ4v) is 1.77. The minimum Gasteiger partial charge on any atom is -0.316 e. The Bertz CT molecular complexity index is 91.4. The molecule has 1 heterocycles. The Morgan fingerprint density at radius 2 is 1.71 bits per heavy atom. The van der Waals surface area contributed by atoms with Gasteiger partial charge in [-0.3, -0.25) is 0 Å². The van der Waals surface area contributed by atoms with E-state index in [9.17, 15) is 0 Å². The van der Waals surface area contributed by atoms with Crippen LogP contribution < -0.4 is 5.32 Å². The van der Waals surface area contributed by atoms with E-state index >= 15 is 0 Å². The lowest BCUT2D eigenvalue weighted by molar-refractivity contribution is 0.369. The van der Waals surface area contributed by atoms with Crippen LogP contribution in [0.15, 0.2) is 0 Å². The number of piperidine rings is 1. The number of hydrogen-bond donors (Lipinski definition) is 1. The van der Waals surface area contributed by atoms with Crippen LogP contribution in [0.25, 0.3) is 0 Å². The number of hydrogen-bond acceptors (Lipinski definition) is 1. The van der Waals surface area contributed by atoms with Crippen molar-refractivity contribution in [2.45, 2.75) is 65.7 Å². The molecule has 0 amide bonds. The molecular formula is C13H29N. The third-order valence-corrected chi connectivity index (χ3v) is 2.93. The fraction of sp³-hybridized carbons (Fsp3) is 1.00. The first kappa shape index (κ1) is 14.0. The van der Waals surface area contributed by atoms with Crippen LogP contribution in [0.5, 0.6) is 0 Å². The van der Waals surface area contributed by atoms with Crippen molar-refractivity contribution >= 4 is 0 Å². The van der Waals surface area contributed by atoms with Crippen LogP contribution in [-0.4, -0.2) is 13.1 Å². The zero-order chi connectivity index (χ0) is 10.6. The molecule has 0 aromatic heterocycles. The van der Waals surface area contributed by atoms with Crippen LogP contribution in [0.3, 0.4) is 0 Å². The van der Waals surface area contributed by atoms with E-state index in [1.54, 1.807) is 0 Å². The van der Waals surface area contributed by atoms with Crippen molar-refractivity contribution in [1.29, 1.82) is 0 Å². The monoisotopic (exact) mass is 199 g/mol. The van der Waals surface area contributed by atoms with Crippen LogP contribution in [0.1, 0.15) is 65.7 Å². The van der Waals surface area contributed by atoms with Gasteiger partial charge in [-0.1, -0.05) is 52.9 Å². The Labute approximate surface area is 90.7 Å². The molecule has 1 N–H and O–H groups in total. The van der Waals surface area contributed by atoms with Gasteiger partial charge < -0.3 is 5.32 Å². The molecule has 1 atom stereocenters. The lowest BCUT2D eigenvalue weighted by Gasteiger charge is -2.20. The highest BCUT2D eigenvalue weighted by Gasteiger charge is 2.08. The summed E-state index contributed by atoms with van der Waals surface area (Å²) in [6.07, 6.45) is 9.73. The third-order valence-electron chi connectivity index (χ3n) is 2.93. The van der Waals surface area contributed by atoms with E-state index in [0.29, 0.717) is 0 Å². The van der Waals surface area contributed by atoms with Gasteiger partial charge in [0.2, 0.25) is 0 Å².